The van der Waals surface area contributed by atoms with Gasteiger partial charge in [0.1, 0.15) is 17.8 Å². The normalized spacial score (nSPS) is 17.9. The molecule has 1 fully saturated rings. The van der Waals surface area contributed by atoms with Crippen LogP contribution in [-0.2, 0) is 36.8 Å². The number of ether oxygens (including phenoxy) is 1. The van der Waals surface area contributed by atoms with Crippen molar-refractivity contribution in [3.63, 3.8) is 0 Å². The summed E-state index contributed by atoms with van der Waals surface area (Å²) >= 11 is 0. The lowest BCUT2D eigenvalue weighted by Crippen LogP contribution is -2.55. The maximum absolute atomic E-state index is 13.3. The summed E-state index contributed by atoms with van der Waals surface area (Å²) in [4.78, 5) is 50.4. The smallest absolute Gasteiger partial charge is 0.253 e. The molecule has 2 unspecified atom stereocenters. The number of aromatic hydroxyl groups is 1. The van der Waals surface area contributed by atoms with E-state index in [2.05, 4.69) is 16.0 Å². The van der Waals surface area contributed by atoms with Gasteiger partial charge in [0.2, 0.25) is 11.8 Å². The largest absolute Gasteiger partial charge is 0.508 e. The van der Waals surface area contributed by atoms with E-state index in [0.717, 1.165) is 11.1 Å². The number of nitrogens with one attached hydrogen (secondary N) is 3. The number of phenols is 1. The van der Waals surface area contributed by atoms with Crippen LogP contribution in [0.15, 0.2) is 48.5 Å². The molecule has 0 radical (unpaired) electrons. The average Bonchev–Trinajstić information content (AvgIpc) is 3.65. The Kier molecular flexibility index (Phi) is 9.24. The Morgan fingerprint density at radius 1 is 0.865 bits per heavy atom. The standard InChI is InChI=1S/C27H34N4O6/c1-15(2)14-29-26(35)22-23(37-22)27(36)31-21(13-17-6-4-16(3)5-7-17)25(34)30-20(24(28)33)12-18-8-10-19(32)11-9-18/h4-11,15,20-23,32H,12-14H2,1-3H3,(H2,28,33)(H,29,35)(H,30,34)(H,31,36)/t20-,21-,22?,23?/m0/s1. The van der Waals surface area contributed by atoms with Gasteiger partial charge >= 0.3 is 0 Å². The van der Waals surface area contributed by atoms with Crippen molar-refractivity contribution in [2.24, 2.45) is 11.7 Å². The molecule has 10 nitrogen and oxygen atoms in total. The molecular formula is C27H34N4O6. The third kappa shape index (κ3) is 8.32. The van der Waals surface area contributed by atoms with E-state index in [1.165, 1.54) is 12.1 Å². The summed E-state index contributed by atoms with van der Waals surface area (Å²) in [5, 5.41) is 17.5. The molecule has 4 atom stereocenters. The number of hydrogen-bond acceptors (Lipinski definition) is 6. The van der Waals surface area contributed by atoms with Crippen molar-refractivity contribution in [2.75, 3.05) is 6.54 Å². The van der Waals surface area contributed by atoms with Crippen molar-refractivity contribution in [1.82, 2.24) is 16.0 Å². The van der Waals surface area contributed by atoms with Crippen LogP contribution in [0.25, 0.3) is 0 Å². The number of benzene rings is 2. The summed E-state index contributed by atoms with van der Waals surface area (Å²) in [5.74, 6) is -1.99. The van der Waals surface area contributed by atoms with Gasteiger partial charge in [-0.25, -0.2) is 0 Å². The zero-order chi connectivity index (χ0) is 27.1. The Morgan fingerprint density at radius 2 is 1.41 bits per heavy atom. The lowest BCUT2D eigenvalue weighted by atomic mass is 10.0. The summed E-state index contributed by atoms with van der Waals surface area (Å²) < 4.78 is 5.28. The number of primary amides is 1. The first-order chi connectivity index (χ1) is 17.5. The van der Waals surface area contributed by atoms with Crippen LogP contribution in [0, 0.1) is 12.8 Å². The SMILES string of the molecule is Cc1ccc(C[C@H](NC(=O)C2OC2C(=O)NCC(C)C)C(=O)N[C@@H](Cc2ccc(O)cc2)C(N)=O)cc1. The van der Waals surface area contributed by atoms with Crippen molar-refractivity contribution in [3.8, 4) is 5.75 Å². The zero-order valence-corrected chi connectivity index (χ0v) is 21.2. The molecule has 198 valence electrons. The maximum Gasteiger partial charge on any atom is 0.253 e. The van der Waals surface area contributed by atoms with E-state index in [1.807, 2.05) is 45.0 Å². The lowest BCUT2D eigenvalue weighted by Gasteiger charge is -2.22. The number of aryl methyl sites for hydroxylation is 1. The van der Waals surface area contributed by atoms with Gasteiger partial charge in [0.25, 0.3) is 11.8 Å². The van der Waals surface area contributed by atoms with E-state index in [1.54, 1.807) is 12.1 Å². The molecule has 0 saturated carbocycles. The Morgan fingerprint density at radius 3 is 1.97 bits per heavy atom. The van der Waals surface area contributed by atoms with E-state index in [0.29, 0.717) is 12.1 Å². The van der Waals surface area contributed by atoms with Crippen molar-refractivity contribution >= 4 is 23.6 Å². The Labute approximate surface area is 216 Å². The quantitative estimate of drug-likeness (QED) is 0.261. The van der Waals surface area contributed by atoms with Crippen molar-refractivity contribution in [1.29, 1.82) is 0 Å². The summed E-state index contributed by atoms with van der Waals surface area (Å²) in [6, 6.07) is 11.6. The molecule has 0 spiro atoms. The molecule has 10 heteroatoms. The zero-order valence-electron chi connectivity index (χ0n) is 21.2. The molecule has 2 aromatic rings. The van der Waals surface area contributed by atoms with Crippen LogP contribution >= 0.6 is 0 Å². The van der Waals surface area contributed by atoms with Crippen LogP contribution in [0.3, 0.4) is 0 Å². The average molecular weight is 511 g/mol. The van der Waals surface area contributed by atoms with E-state index < -0.39 is 42.0 Å². The Hall–Kier alpha value is -3.92. The van der Waals surface area contributed by atoms with Crippen LogP contribution in [0.1, 0.15) is 30.5 Å². The van der Waals surface area contributed by atoms with Gasteiger partial charge in [-0.2, -0.15) is 0 Å². The van der Waals surface area contributed by atoms with Gasteiger partial charge in [0, 0.05) is 19.4 Å². The summed E-state index contributed by atoms with van der Waals surface area (Å²) in [5.41, 5.74) is 8.06. The van der Waals surface area contributed by atoms with Crippen LogP contribution in [0.4, 0.5) is 0 Å². The van der Waals surface area contributed by atoms with Gasteiger partial charge in [-0.3, -0.25) is 19.2 Å². The topological polar surface area (TPSA) is 163 Å². The van der Waals surface area contributed by atoms with Gasteiger partial charge < -0.3 is 31.5 Å². The number of amides is 4. The summed E-state index contributed by atoms with van der Waals surface area (Å²) in [7, 11) is 0. The van der Waals surface area contributed by atoms with Gasteiger partial charge in [-0.1, -0.05) is 55.8 Å². The molecule has 4 amide bonds. The molecule has 0 bridgehead atoms. The second kappa shape index (κ2) is 12.4. The second-order valence-corrected chi connectivity index (χ2v) is 9.70. The highest BCUT2D eigenvalue weighted by molar-refractivity contribution is 5.97. The van der Waals surface area contributed by atoms with Crippen LogP contribution in [0.2, 0.25) is 0 Å². The molecule has 2 aromatic carbocycles. The fraction of sp³-hybridized carbons (Fsp3) is 0.407. The van der Waals surface area contributed by atoms with E-state index in [9.17, 15) is 24.3 Å². The third-order valence-electron chi connectivity index (χ3n) is 5.92. The molecule has 1 heterocycles. The monoisotopic (exact) mass is 510 g/mol. The molecule has 0 aromatic heterocycles. The summed E-state index contributed by atoms with van der Waals surface area (Å²) in [6.45, 7) is 6.30. The fourth-order valence-corrected chi connectivity index (χ4v) is 3.70. The van der Waals surface area contributed by atoms with Gasteiger partial charge in [0.05, 0.1) is 0 Å². The predicted molar refractivity (Wildman–Crippen MR) is 136 cm³/mol. The van der Waals surface area contributed by atoms with Crippen LogP contribution < -0.4 is 21.7 Å². The van der Waals surface area contributed by atoms with Crippen molar-refractivity contribution in [3.05, 3.63) is 65.2 Å². The highest BCUT2D eigenvalue weighted by Crippen LogP contribution is 2.23. The number of carbonyl (C=O) groups excluding carboxylic acids is 4. The molecular weight excluding hydrogens is 476 g/mol. The molecule has 3 rings (SSSR count). The number of epoxide rings is 1. The number of rotatable bonds is 12. The molecule has 37 heavy (non-hydrogen) atoms. The lowest BCUT2D eigenvalue weighted by molar-refractivity contribution is -0.131. The molecule has 0 aliphatic carbocycles. The number of nitrogens with two attached hydrogens (primary N) is 1. The fourth-order valence-electron chi connectivity index (χ4n) is 3.70. The minimum Gasteiger partial charge on any atom is -0.508 e. The minimum absolute atomic E-state index is 0.0720. The van der Waals surface area contributed by atoms with Gasteiger partial charge in [-0.05, 0) is 36.1 Å². The van der Waals surface area contributed by atoms with Crippen molar-refractivity contribution < 1.29 is 29.0 Å². The highest BCUT2D eigenvalue weighted by Gasteiger charge is 2.51. The van der Waals surface area contributed by atoms with Crippen molar-refractivity contribution in [2.45, 2.75) is 57.9 Å². The van der Waals surface area contributed by atoms with E-state index in [4.69, 9.17) is 10.5 Å². The van der Waals surface area contributed by atoms with Gasteiger partial charge in [-0.15, -0.1) is 0 Å². The van der Waals surface area contributed by atoms with E-state index in [-0.39, 0.29) is 30.4 Å². The Balaban J connectivity index is 1.69. The highest BCUT2D eigenvalue weighted by atomic mass is 16.6. The number of carbonyl (C=O) groups is 4. The Bertz CT molecular complexity index is 1120. The first-order valence-electron chi connectivity index (χ1n) is 12.2. The summed E-state index contributed by atoms with van der Waals surface area (Å²) in [6.07, 6.45) is -1.64. The second-order valence-electron chi connectivity index (χ2n) is 9.70. The molecule has 1 aliphatic heterocycles. The molecule has 1 saturated heterocycles. The molecule has 6 N–H and O–H groups in total. The minimum atomic E-state index is -1.04. The third-order valence-corrected chi connectivity index (χ3v) is 5.92. The maximum atomic E-state index is 13.3. The number of hydrogen-bond donors (Lipinski definition) is 5. The van der Waals surface area contributed by atoms with Crippen LogP contribution in [0.5, 0.6) is 5.75 Å². The number of phenolic OH excluding ortho intramolecular Hbond substituents is 1. The molecule has 1 aliphatic rings. The van der Waals surface area contributed by atoms with E-state index >= 15 is 0 Å². The first kappa shape index (κ1) is 27.7. The predicted octanol–water partition coefficient (Wildman–Crippen LogP) is 0.480. The van der Waals surface area contributed by atoms with Gasteiger partial charge in [0.15, 0.2) is 12.2 Å². The van der Waals surface area contributed by atoms with Crippen LogP contribution in [-0.4, -0.2) is 59.6 Å². The first-order valence-corrected chi connectivity index (χ1v) is 12.2.